The first kappa shape index (κ1) is 21.2. The zero-order chi connectivity index (χ0) is 20.7. The monoisotopic (exact) mass is 407 g/mol. The number of rotatable bonds is 7. The molecule has 2 rings (SSSR count). The van der Waals surface area contributed by atoms with E-state index < -0.39 is 23.8 Å². The quantitative estimate of drug-likeness (QED) is 0.553. The van der Waals surface area contributed by atoms with E-state index in [1.165, 1.54) is 57.6 Å². The number of benzene rings is 2. The Hall–Kier alpha value is -3.06. The summed E-state index contributed by atoms with van der Waals surface area (Å²) in [6.07, 6.45) is 1.59. The molecule has 0 aliphatic carbocycles. The second-order valence-electron chi connectivity index (χ2n) is 5.65. The van der Waals surface area contributed by atoms with Crippen molar-refractivity contribution in [2.45, 2.75) is 13.0 Å². The van der Waals surface area contributed by atoms with Gasteiger partial charge in [0.1, 0.15) is 5.82 Å². The summed E-state index contributed by atoms with van der Waals surface area (Å²) in [5.74, 6) is -0.877. The van der Waals surface area contributed by atoms with Crippen molar-refractivity contribution in [3.8, 4) is 11.5 Å². The third-order valence-electron chi connectivity index (χ3n) is 3.64. The van der Waals surface area contributed by atoms with E-state index >= 15 is 0 Å². The number of hydrogen-bond acceptors (Lipinski definition) is 5. The van der Waals surface area contributed by atoms with Gasteiger partial charge >= 0.3 is 5.97 Å². The van der Waals surface area contributed by atoms with Gasteiger partial charge in [0.15, 0.2) is 17.6 Å². The van der Waals surface area contributed by atoms with Crippen LogP contribution in [0.15, 0.2) is 42.5 Å². The molecule has 1 amide bonds. The van der Waals surface area contributed by atoms with E-state index in [4.69, 9.17) is 25.8 Å². The number of methoxy groups -OCH3 is 2. The fourth-order valence-corrected chi connectivity index (χ4v) is 2.54. The van der Waals surface area contributed by atoms with Gasteiger partial charge in [-0.1, -0.05) is 11.6 Å². The molecule has 0 aliphatic heterocycles. The highest BCUT2D eigenvalue weighted by Gasteiger charge is 2.17. The lowest BCUT2D eigenvalue weighted by Gasteiger charge is -2.12. The smallest absolute Gasteiger partial charge is 0.331 e. The second kappa shape index (κ2) is 9.75. The largest absolute Gasteiger partial charge is 0.493 e. The normalized spacial score (nSPS) is 11.8. The predicted molar refractivity (Wildman–Crippen MR) is 104 cm³/mol. The van der Waals surface area contributed by atoms with Crippen molar-refractivity contribution in [3.05, 3.63) is 58.9 Å². The van der Waals surface area contributed by atoms with Crippen molar-refractivity contribution >= 4 is 35.2 Å². The molecule has 0 aliphatic rings. The van der Waals surface area contributed by atoms with E-state index in [1.54, 1.807) is 12.1 Å². The number of ether oxygens (including phenoxy) is 3. The molecule has 0 saturated heterocycles. The molecule has 1 N–H and O–H groups in total. The van der Waals surface area contributed by atoms with Crippen molar-refractivity contribution in [2.24, 2.45) is 0 Å². The van der Waals surface area contributed by atoms with Crippen LogP contribution in [0.25, 0.3) is 6.08 Å². The van der Waals surface area contributed by atoms with Gasteiger partial charge < -0.3 is 19.5 Å². The van der Waals surface area contributed by atoms with E-state index in [9.17, 15) is 14.0 Å². The predicted octanol–water partition coefficient (Wildman–Crippen LogP) is 4.08. The van der Waals surface area contributed by atoms with Crippen LogP contribution in [0.3, 0.4) is 0 Å². The average Bonchev–Trinajstić information content (AvgIpc) is 2.67. The molecule has 8 heteroatoms. The van der Waals surface area contributed by atoms with E-state index in [0.29, 0.717) is 27.8 Å². The fourth-order valence-electron chi connectivity index (χ4n) is 2.24. The van der Waals surface area contributed by atoms with Crippen molar-refractivity contribution in [2.75, 3.05) is 19.5 Å². The van der Waals surface area contributed by atoms with Gasteiger partial charge in [-0.15, -0.1) is 0 Å². The highest BCUT2D eigenvalue weighted by Crippen LogP contribution is 2.36. The Morgan fingerprint density at radius 1 is 1.14 bits per heavy atom. The summed E-state index contributed by atoms with van der Waals surface area (Å²) in [4.78, 5) is 24.0. The minimum Gasteiger partial charge on any atom is -0.493 e. The van der Waals surface area contributed by atoms with Crippen molar-refractivity contribution < 1.29 is 28.2 Å². The molecule has 0 unspecified atom stereocenters. The number of esters is 1. The average molecular weight is 408 g/mol. The van der Waals surface area contributed by atoms with Gasteiger partial charge in [-0.05, 0) is 55.0 Å². The Morgan fingerprint density at radius 2 is 1.82 bits per heavy atom. The van der Waals surface area contributed by atoms with Gasteiger partial charge in [-0.2, -0.15) is 0 Å². The molecular formula is C20H19ClFNO5. The van der Waals surface area contributed by atoms with Crippen molar-refractivity contribution in [1.82, 2.24) is 0 Å². The molecule has 0 spiro atoms. The van der Waals surface area contributed by atoms with E-state index in [2.05, 4.69) is 5.32 Å². The number of carbonyl (C=O) groups excluding carboxylic acids is 2. The first-order valence-electron chi connectivity index (χ1n) is 8.20. The maximum Gasteiger partial charge on any atom is 0.331 e. The van der Waals surface area contributed by atoms with Crippen LogP contribution in [0.2, 0.25) is 5.02 Å². The van der Waals surface area contributed by atoms with Gasteiger partial charge in [-0.25, -0.2) is 9.18 Å². The fraction of sp³-hybridized carbons (Fsp3) is 0.200. The molecule has 0 heterocycles. The summed E-state index contributed by atoms with van der Waals surface area (Å²) < 4.78 is 28.3. The number of anilines is 1. The van der Waals surface area contributed by atoms with Crippen LogP contribution in [-0.4, -0.2) is 32.2 Å². The molecule has 0 fully saturated rings. The van der Waals surface area contributed by atoms with E-state index in [-0.39, 0.29) is 0 Å². The molecule has 2 aromatic rings. The highest BCUT2D eigenvalue weighted by atomic mass is 35.5. The molecule has 0 saturated carbocycles. The molecular weight excluding hydrogens is 389 g/mol. The topological polar surface area (TPSA) is 73.9 Å². The minimum absolute atomic E-state index is 0.321. The van der Waals surface area contributed by atoms with Crippen molar-refractivity contribution in [1.29, 1.82) is 0 Å². The minimum atomic E-state index is -1.05. The maximum atomic E-state index is 12.9. The summed E-state index contributed by atoms with van der Waals surface area (Å²) in [6.45, 7) is 1.43. The van der Waals surface area contributed by atoms with Gasteiger partial charge in [0.2, 0.25) is 0 Å². The van der Waals surface area contributed by atoms with Gasteiger partial charge in [0, 0.05) is 11.8 Å². The number of amides is 1. The molecule has 0 bridgehead atoms. The standard InChI is InChI=1S/C20H19ClFNO5/c1-12(20(25)23-15-7-5-14(22)6-8-15)28-18(24)9-4-13-10-16(21)19(27-3)17(11-13)26-2/h4-12H,1-3H3,(H,23,25)/b9-4+/t12-/m1/s1. The lowest BCUT2D eigenvalue weighted by molar-refractivity contribution is -0.148. The van der Waals surface area contributed by atoms with Crippen molar-refractivity contribution in [3.63, 3.8) is 0 Å². The Labute approximate surface area is 166 Å². The number of hydrogen-bond donors (Lipinski definition) is 1. The number of carbonyl (C=O) groups is 2. The number of halogens is 2. The van der Waals surface area contributed by atoms with Crippen LogP contribution in [0.1, 0.15) is 12.5 Å². The van der Waals surface area contributed by atoms with E-state index in [0.717, 1.165) is 0 Å². The highest BCUT2D eigenvalue weighted by molar-refractivity contribution is 6.32. The molecule has 1 atom stereocenters. The second-order valence-corrected chi connectivity index (χ2v) is 6.05. The third-order valence-corrected chi connectivity index (χ3v) is 3.92. The molecule has 2 aromatic carbocycles. The summed E-state index contributed by atoms with van der Waals surface area (Å²) in [6, 6.07) is 8.47. The Balaban J connectivity index is 1.98. The maximum absolute atomic E-state index is 12.9. The van der Waals surface area contributed by atoms with Crippen LogP contribution in [0.5, 0.6) is 11.5 Å². The number of nitrogens with one attached hydrogen (secondary N) is 1. The summed E-state index contributed by atoms with van der Waals surface area (Å²) in [5.41, 5.74) is 0.979. The Kier molecular flexibility index (Phi) is 7.40. The Bertz CT molecular complexity index is 883. The molecule has 6 nitrogen and oxygen atoms in total. The molecule has 28 heavy (non-hydrogen) atoms. The van der Waals surface area contributed by atoms with E-state index in [1.807, 2.05) is 0 Å². The van der Waals surface area contributed by atoms with Gasteiger partial charge in [0.05, 0.1) is 19.2 Å². The van der Waals surface area contributed by atoms with Crippen LogP contribution >= 0.6 is 11.6 Å². The molecule has 0 radical (unpaired) electrons. The zero-order valence-corrected chi connectivity index (χ0v) is 16.2. The summed E-state index contributed by atoms with van der Waals surface area (Å²) >= 11 is 6.11. The van der Waals surface area contributed by atoms with Crippen LogP contribution in [0, 0.1) is 5.82 Å². The molecule has 148 valence electrons. The Morgan fingerprint density at radius 3 is 2.43 bits per heavy atom. The van der Waals surface area contributed by atoms with Gasteiger partial charge in [0.25, 0.3) is 5.91 Å². The lowest BCUT2D eigenvalue weighted by atomic mass is 10.2. The van der Waals surface area contributed by atoms with Crippen LogP contribution in [0.4, 0.5) is 10.1 Å². The lowest BCUT2D eigenvalue weighted by Crippen LogP contribution is -2.29. The first-order valence-corrected chi connectivity index (χ1v) is 8.58. The summed E-state index contributed by atoms with van der Waals surface area (Å²) in [7, 11) is 2.94. The zero-order valence-electron chi connectivity index (χ0n) is 15.5. The molecule has 0 aromatic heterocycles. The van der Waals surface area contributed by atoms with Crippen LogP contribution < -0.4 is 14.8 Å². The van der Waals surface area contributed by atoms with Crippen LogP contribution in [-0.2, 0) is 14.3 Å². The third kappa shape index (κ3) is 5.72. The SMILES string of the molecule is COc1cc(/C=C/C(=O)O[C@H](C)C(=O)Nc2ccc(F)cc2)cc(Cl)c1OC. The first-order chi connectivity index (χ1) is 13.3. The summed E-state index contributed by atoms with van der Waals surface area (Å²) in [5, 5.41) is 2.85. The van der Waals surface area contributed by atoms with Gasteiger partial charge in [-0.3, -0.25) is 4.79 Å².